The number of nitrogens with one attached hydrogen (secondary N) is 3. The van der Waals surface area contributed by atoms with Crippen LogP contribution in [-0.4, -0.2) is 28.9 Å². The molecule has 2 amide bonds. The highest BCUT2D eigenvalue weighted by atomic mass is 16.2. The Morgan fingerprint density at radius 2 is 2.05 bits per heavy atom. The van der Waals surface area contributed by atoms with Crippen molar-refractivity contribution in [1.29, 1.82) is 0 Å². The van der Waals surface area contributed by atoms with E-state index in [1.54, 1.807) is 6.07 Å². The Morgan fingerprint density at radius 1 is 1.37 bits per heavy atom. The molecule has 1 rings (SSSR count). The summed E-state index contributed by atoms with van der Waals surface area (Å²) >= 11 is 0. The zero-order valence-corrected chi connectivity index (χ0v) is 11.3. The molecule has 0 aliphatic heterocycles. The maximum atomic E-state index is 11.8. The third-order valence-electron chi connectivity index (χ3n) is 2.08. The first kappa shape index (κ1) is 14.9. The number of nitrogens with two attached hydrogens (primary N) is 1. The van der Waals surface area contributed by atoms with Crippen molar-refractivity contribution in [2.75, 3.05) is 12.0 Å². The molecule has 1 aromatic heterocycles. The number of carbonyl (C=O) groups is 2. The lowest BCUT2D eigenvalue weighted by molar-refractivity contribution is -0.121. The van der Waals surface area contributed by atoms with E-state index >= 15 is 0 Å². The minimum Gasteiger partial charge on any atom is -0.350 e. The lowest BCUT2D eigenvalue weighted by atomic mass is 10.1. The lowest BCUT2D eigenvalue weighted by Crippen LogP contribution is -2.45. The molecule has 19 heavy (non-hydrogen) atoms. The van der Waals surface area contributed by atoms with Gasteiger partial charge >= 0.3 is 0 Å². The second-order valence-electron chi connectivity index (χ2n) is 5.05. The summed E-state index contributed by atoms with van der Waals surface area (Å²) in [6, 6.07) is 3.13. The summed E-state index contributed by atoms with van der Waals surface area (Å²) in [7, 11) is 0. The summed E-state index contributed by atoms with van der Waals surface area (Å²) in [5.74, 6) is 4.55. The van der Waals surface area contributed by atoms with Gasteiger partial charge in [-0.05, 0) is 32.9 Å². The highest BCUT2D eigenvalue weighted by Crippen LogP contribution is 2.05. The topological polar surface area (TPSA) is 109 Å². The Balaban J connectivity index is 2.53. The zero-order chi connectivity index (χ0) is 14.5. The average Bonchev–Trinajstić information content (AvgIpc) is 2.34. The number of hydrazine groups is 1. The highest BCUT2D eigenvalue weighted by Gasteiger charge is 2.15. The first-order valence-electron chi connectivity index (χ1n) is 5.84. The normalized spacial score (nSPS) is 10.7. The van der Waals surface area contributed by atoms with Crippen LogP contribution in [0.15, 0.2) is 18.3 Å². The SMILES string of the molecule is CC(C)(C)NC(=O)CNC(=O)c1cc(NN)ccn1. The van der Waals surface area contributed by atoms with E-state index in [4.69, 9.17) is 5.84 Å². The van der Waals surface area contributed by atoms with Crippen molar-refractivity contribution in [3.8, 4) is 0 Å². The second kappa shape index (κ2) is 6.14. The summed E-state index contributed by atoms with van der Waals surface area (Å²) in [4.78, 5) is 27.2. The molecule has 0 aliphatic rings. The number of rotatable bonds is 4. The minimum atomic E-state index is -0.429. The largest absolute Gasteiger partial charge is 0.350 e. The second-order valence-corrected chi connectivity index (χ2v) is 5.05. The van der Waals surface area contributed by atoms with Crippen LogP contribution in [0.25, 0.3) is 0 Å². The van der Waals surface area contributed by atoms with Gasteiger partial charge in [-0.2, -0.15) is 0 Å². The molecule has 0 bridgehead atoms. The van der Waals surface area contributed by atoms with E-state index in [9.17, 15) is 9.59 Å². The molecule has 0 saturated carbocycles. The van der Waals surface area contributed by atoms with E-state index in [2.05, 4.69) is 21.0 Å². The monoisotopic (exact) mass is 265 g/mol. The first-order chi connectivity index (χ1) is 8.81. The third kappa shape index (κ3) is 5.35. The molecule has 0 aromatic carbocycles. The van der Waals surface area contributed by atoms with Gasteiger partial charge in [-0.1, -0.05) is 0 Å². The molecule has 1 heterocycles. The van der Waals surface area contributed by atoms with E-state index in [1.807, 2.05) is 20.8 Å². The number of carbonyl (C=O) groups excluding carboxylic acids is 2. The van der Waals surface area contributed by atoms with E-state index in [-0.39, 0.29) is 23.7 Å². The Labute approximate surface area is 111 Å². The maximum Gasteiger partial charge on any atom is 0.270 e. The Kier molecular flexibility index (Phi) is 4.82. The fourth-order valence-corrected chi connectivity index (χ4v) is 1.36. The van der Waals surface area contributed by atoms with Crippen molar-refractivity contribution in [3.63, 3.8) is 0 Å². The minimum absolute atomic E-state index is 0.0991. The number of anilines is 1. The van der Waals surface area contributed by atoms with Gasteiger partial charge in [0.05, 0.1) is 12.2 Å². The van der Waals surface area contributed by atoms with Gasteiger partial charge in [0.15, 0.2) is 0 Å². The molecule has 5 N–H and O–H groups in total. The predicted molar refractivity (Wildman–Crippen MR) is 72.3 cm³/mol. The van der Waals surface area contributed by atoms with E-state index in [1.165, 1.54) is 12.3 Å². The molecule has 104 valence electrons. The molecule has 0 spiro atoms. The number of pyridine rings is 1. The van der Waals surface area contributed by atoms with Gasteiger partial charge in [-0.3, -0.25) is 20.4 Å². The van der Waals surface area contributed by atoms with Crippen molar-refractivity contribution < 1.29 is 9.59 Å². The van der Waals surface area contributed by atoms with Crippen LogP contribution in [0.3, 0.4) is 0 Å². The fraction of sp³-hybridized carbons (Fsp3) is 0.417. The molecule has 0 aliphatic carbocycles. The average molecular weight is 265 g/mol. The molecule has 0 radical (unpaired) electrons. The zero-order valence-electron chi connectivity index (χ0n) is 11.3. The fourth-order valence-electron chi connectivity index (χ4n) is 1.36. The van der Waals surface area contributed by atoms with Gasteiger partial charge in [0.2, 0.25) is 5.91 Å². The van der Waals surface area contributed by atoms with Crippen LogP contribution in [0.1, 0.15) is 31.3 Å². The summed E-state index contributed by atoms with van der Waals surface area (Å²) in [6.07, 6.45) is 1.46. The number of hydrogen-bond acceptors (Lipinski definition) is 5. The van der Waals surface area contributed by atoms with Crippen molar-refractivity contribution in [3.05, 3.63) is 24.0 Å². The molecular weight excluding hydrogens is 246 g/mol. The standard InChI is InChI=1S/C12H19N5O2/c1-12(2,3)16-10(18)7-15-11(19)9-6-8(17-13)4-5-14-9/h4-6H,7,13H2,1-3H3,(H,14,17)(H,15,19)(H,16,18). The van der Waals surface area contributed by atoms with E-state index < -0.39 is 5.91 Å². The number of nitrogen functional groups attached to an aromatic ring is 1. The summed E-state index contributed by atoms with van der Waals surface area (Å²) < 4.78 is 0. The molecular formula is C12H19N5O2. The summed E-state index contributed by atoms with van der Waals surface area (Å²) in [5.41, 5.74) is 2.85. The van der Waals surface area contributed by atoms with Crippen molar-refractivity contribution in [1.82, 2.24) is 15.6 Å². The highest BCUT2D eigenvalue weighted by molar-refractivity contribution is 5.95. The first-order valence-corrected chi connectivity index (χ1v) is 5.84. The molecule has 0 unspecified atom stereocenters. The molecule has 0 fully saturated rings. The third-order valence-corrected chi connectivity index (χ3v) is 2.08. The van der Waals surface area contributed by atoms with Gasteiger partial charge in [0.25, 0.3) is 5.91 Å². The van der Waals surface area contributed by atoms with E-state index in [0.717, 1.165) is 0 Å². The maximum absolute atomic E-state index is 11.8. The predicted octanol–water partition coefficient (Wildman–Crippen LogP) is 0.0117. The molecule has 7 heteroatoms. The lowest BCUT2D eigenvalue weighted by Gasteiger charge is -2.20. The molecule has 1 aromatic rings. The summed E-state index contributed by atoms with van der Waals surface area (Å²) in [6.45, 7) is 5.50. The quantitative estimate of drug-likeness (QED) is 0.453. The van der Waals surface area contributed by atoms with E-state index in [0.29, 0.717) is 5.69 Å². The summed E-state index contributed by atoms with van der Waals surface area (Å²) in [5, 5.41) is 5.23. The number of amides is 2. The van der Waals surface area contributed by atoms with Crippen LogP contribution in [0.4, 0.5) is 5.69 Å². The van der Waals surface area contributed by atoms with Crippen molar-refractivity contribution in [2.45, 2.75) is 26.3 Å². The van der Waals surface area contributed by atoms with Crippen molar-refractivity contribution in [2.24, 2.45) is 5.84 Å². The number of aromatic nitrogens is 1. The van der Waals surface area contributed by atoms with Gasteiger partial charge in [0.1, 0.15) is 5.69 Å². The smallest absolute Gasteiger partial charge is 0.270 e. The van der Waals surface area contributed by atoms with Gasteiger partial charge < -0.3 is 16.1 Å². The van der Waals surface area contributed by atoms with Crippen molar-refractivity contribution >= 4 is 17.5 Å². The van der Waals surface area contributed by atoms with Crippen LogP contribution in [0, 0.1) is 0 Å². The number of nitrogens with zero attached hydrogens (tertiary/aromatic N) is 1. The van der Waals surface area contributed by atoms with Crippen LogP contribution >= 0.6 is 0 Å². The molecule has 0 saturated heterocycles. The Bertz CT molecular complexity index is 467. The van der Waals surface area contributed by atoms with Crippen LogP contribution in [-0.2, 0) is 4.79 Å². The number of hydrogen-bond donors (Lipinski definition) is 4. The molecule has 7 nitrogen and oxygen atoms in total. The van der Waals surface area contributed by atoms with Crippen LogP contribution < -0.4 is 21.9 Å². The Morgan fingerprint density at radius 3 is 2.63 bits per heavy atom. The van der Waals surface area contributed by atoms with Gasteiger partial charge in [0, 0.05) is 11.7 Å². The van der Waals surface area contributed by atoms with Crippen LogP contribution in [0.2, 0.25) is 0 Å². The van der Waals surface area contributed by atoms with Gasteiger partial charge in [-0.25, -0.2) is 0 Å². The molecule has 0 atom stereocenters. The van der Waals surface area contributed by atoms with Crippen LogP contribution in [0.5, 0.6) is 0 Å². The Hall–Kier alpha value is -2.15. The van der Waals surface area contributed by atoms with Gasteiger partial charge in [-0.15, -0.1) is 0 Å².